The lowest BCUT2D eigenvalue weighted by Crippen LogP contribution is -1.86. The first-order valence-electron chi connectivity index (χ1n) is 11.0. The van der Waals surface area contributed by atoms with Gasteiger partial charge < -0.3 is 0 Å². The number of hydrogen-bond acceptors (Lipinski definition) is 0. The monoisotopic (exact) mass is 364 g/mol. The minimum absolute atomic E-state index is 0. The highest BCUT2D eigenvalue weighted by molar-refractivity contribution is 7.59. The molecule has 0 nitrogen and oxygen atoms in total. The van der Waals surface area contributed by atoms with Crippen LogP contribution in [0.3, 0.4) is 0 Å². The van der Waals surface area contributed by atoms with E-state index in [1.54, 1.807) is 0 Å². The van der Waals surface area contributed by atoms with Crippen LogP contribution in [0.15, 0.2) is 30.3 Å². The summed E-state index contributed by atoms with van der Waals surface area (Å²) in [5.41, 5.74) is 1.50. The van der Waals surface area contributed by atoms with Gasteiger partial charge in [0.15, 0.2) is 0 Å². The second-order valence-corrected chi connectivity index (χ2v) is 7.54. The summed E-state index contributed by atoms with van der Waals surface area (Å²) in [5.74, 6) is 0. The molecule has 0 aliphatic heterocycles. The fourth-order valence-electron chi connectivity index (χ4n) is 3.52. The molecule has 0 unspecified atom stereocenters. The normalized spacial score (nSPS) is 10.6. The van der Waals surface area contributed by atoms with E-state index in [0.29, 0.717) is 0 Å². The lowest BCUT2D eigenvalue weighted by Gasteiger charge is -2.04. The molecular formula is C24H44S. The first-order chi connectivity index (χ1) is 11.9. The zero-order valence-corrected chi connectivity index (χ0v) is 17.9. The van der Waals surface area contributed by atoms with Gasteiger partial charge in [0.25, 0.3) is 0 Å². The molecule has 146 valence electrons. The number of aryl methyl sites for hydroxylation is 1. The molecule has 0 amide bonds. The minimum Gasteiger partial charge on any atom is -0.197 e. The molecule has 0 saturated heterocycles. The number of hydrogen-bond donors (Lipinski definition) is 0. The van der Waals surface area contributed by atoms with Gasteiger partial charge in [-0.15, -0.1) is 0 Å². The predicted octanol–water partition coefficient (Wildman–Crippen LogP) is 8.60. The van der Waals surface area contributed by atoms with Crippen molar-refractivity contribution in [2.45, 2.75) is 116 Å². The van der Waals surface area contributed by atoms with Gasteiger partial charge in [-0.2, -0.15) is 13.5 Å². The Morgan fingerprint density at radius 2 is 0.840 bits per heavy atom. The first-order valence-corrected chi connectivity index (χ1v) is 11.0. The summed E-state index contributed by atoms with van der Waals surface area (Å²) >= 11 is 0. The van der Waals surface area contributed by atoms with Crippen LogP contribution < -0.4 is 0 Å². The third-order valence-corrected chi connectivity index (χ3v) is 5.16. The fraction of sp³-hybridized carbons (Fsp3) is 0.750. The van der Waals surface area contributed by atoms with Gasteiger partial charge in [-0.3, -0.25) is 0 Å². The highest BCUT2D eigenvalue weighted by atomic mass is 32.1. The van der Waals surface area contributed by atoms with E-state index in [-0.39, 0.29) is 13.5 Å². The molecule has 25 heavy (non-hydrogen) atoms. The van der Waals surface area contributed by atoms with Crippen molar-refractivity contribution >= 4 is 13.5 Å². The van der Waals surface area contributed by atoms with Crippen LogP contribution in [0.25, 0.3) is 0 Å². The van der Waals surface area contributed by atoms with Gasteiger partial charge in [-0.1, -0.05) is 134 Å². The maximum absolute atomic E-state index is 2.30. The average molecular weight is 365 g/mol. The van der Waals surface area contributed by atoms with Crippen LogP contribution in [0.4, 0.5) is 0 Å². The lowest BCUT2D eigenvalue weighted by molar-refractivity contribution is 0.529. The van der Waals surface area contributed by atoms with Crippen molar-refractivity contribution in [1.29, 1.82) is 0 Å². The van der Waals surface area contributed by atoms with Crippen LogP contribution in [-0.2, 0) is 6.42 Å². The Morgan fingerprint density at radius 3 is 1.24 bits per heavy atom. The largest absolute Gasteiger partial charge is 0.197 e. The van der Waals surface area contributed by atoms with E-state index in [1.807, 2.05) is 0 Å². The van der Waals surface area contributed by atoms with E-state index >= 15 is 0 Å². The first kappa shape index (κ1) is 24.6. The highest BCUT2D eigenvalue weighted by Gasteiger charge is 1.95. The average Bonchev–Trinajstić information content (AvgIpc) is 2.62. The Balaban J connectivity index is 0.00000576. The van der Waals surface area contributed by atoms with Crippen molar-refractivity contribution in [3.63, 3.8) is 0 Å². The Bertz CT molecular complexity index is 346. The van der Waals surface area contributed by atoms with Crippen molar-refractivity contribution < 1.29 is 0 Å². The van der Waals surface area contributed by atoms with Gasteiger partial charge in [-0.25, -0.2) is 0 Å². The van der Waals surface area contributed by atoms with Crippen LogP contribution in [0, 0.1) is 0 Å². The molecule has 0 radical (unpaired) electrons. The summed E-state index contributed by atoms with van der Waals surface area (Å²) in [6.07, 6.45) is 24.4. The quantitative estimate of drug-likeness (QED) is 0.243. The van der Waals surface area contributed by atoms with Gasteiger partial charge in [0.2, 0.25) is 0 Å². The molecule has 0 aliphatic rings. The predicted molar refractivity (Wildman–Crippen MR) is 120 cm³/mol. The summed E-state index contributed by atoms with van der Waals surface area (Å²) in [5, 5.41) is 0. The zero-order valence-electron chi connectivity index (χ0n) is 16.9. The van der Waals surface area contributed by atoms with E-state index in [9.17, 15) is 0 Å². The molecule has 0 spiro atoms. The van der Waals surface area contributed by atoms with E-state index in [1.165, 1.54) is 115 Å². The summed E-state index contributed by atoms with van der Waals surface area (Å²) in [4.78, 5) is 0. The topological polar surface area (TPSA) is 0 Å². The van der Waals surface area contributed by atoms with E-state index < -0.39 is 0 Å². The van der Waals surface area contributed by atoms with Crippen LogP contribution in [0.1, 0.15) is 115 Å². The fourth-order valence-corrected chi connectivity index (χ4v) is 3.52. The SMILES string of the molecule is CCCCCCCCCCCCCCCCCCc1ccccc1.S. The van der Waals surface area contributed by atoms with Crippen molar-refractivity contribution in [3.8, 4) is 0 Å². The molecule has 0 atom stereocenters. The smallest absolute Gasteiger partial charge is 0.0279 e. The molecule has 0 fully saturated rings. The molecule has 1 heteroatoms. The maximum atomic E-state index is 2.30. The number of unbranched alkanes of at least 4 members (excludes halogenated alkanes) is 15. The summed E-state index contributed by atoms with van der Waals surface area (Å²) in [6.45, 7) is 2.30. The second kappa shape index (κ2) is 19.9. The van der Waals surface area contributed by atoms with Crippen LogP contribution in [0.2, 0.25) is 0 Å². The lowest BCUT2D eigenvalue weighted by atomic mass is 10.0. The van der Waals surface area contributed by atoms with E-state index in [4.69, 9.17) is 0 Å². The van der Waals surface area contributed by atoms with Crippen LogP contribution >= 0.6 is 13.5 Å². The third-order valence-electron chi connectivity index (χ3n) is 5.16. The zero-order chi connectivity index (χ0) is 17.1. The summed E-state index contributed by atoms with van der Waals surface area (Å²) in [6, 6.07) is 10.9. The molecule has 1 rings (SSSR count). The summed E-state index contributed by atoms with van der Waals surface area (Å²) < 4.78 is 0. The van der Waals surface area contributed by atoms with E-state index in [0.717, 1.165) is 0 Å². The van der Waals surface area contributed by atoms with Crippen LogP contribution in [0.5, 0.6) is 0 Å². The van der Waals surface area contributed by atoms with Gasteiger partial charge in [0.05, 0.1) is 0 Å². The van der Waals surface area contributed by atoms with Gasteiger partial charge in [0.1, 0.15) is 0 Å². The molecule has 0 bridgehead atoms. The molecule has 0 N–H and O–H groups in total. The maximum Gasteiger partial charge on any atom is -0.0279 e. The minimum atomic E-state index is 0. The Kier molecular flexibility index (Phi) is 19.5. The van der Waals surface area contributed by atoms with Crippen molar-refractivity contribution in [2.75, 3.05) is 0 Å². The molecule has 0 heterocycles. The Labute approximate surface area is 165 Å². The summed E-state index contributed by atoms with van der Waals surface area (Å²) in [7, 11) is 0. The third kappa shape index (κ3) is 16.8. The van der Waals surface area contributed by atoms with Crippen LogP contribution in [-0.4, -0.2) is 0 Å². The van der Waals surface area contributed by atoms with Gasteiger partial charge in [0, 0.05) is 0 Å². The van der Waals surface area contributed by atoms with Crippen molar-refractivity contribution in [1.82, 2.24) is 0 Å². The second-order valence-electron chi connectivity index (χ2n) is 7.54. The standard InChI is InChI=1S/C24H42.H2S/c1-2-3-4-5-6-7-8-9-10-11-12-13-14-15-16-18-21-24-22-19-17-20-23-24;/h17,19-20,22-23H,2-16,18,21H2,1H3;1H2. The molecule has 1 aromatic rings. The molecule has 0 aliphatic carbocycles. The molecule has 0 aromatic heterocycles. The van der Waals surface area contributed by atoms with Crippen molar-refractivity contribution in [3.05, 3.63) is 35.9 Å². The highest BCUT2D eigenvalue weighted by Crippen LogP contribution is 2.14. The van der Waals surface area contributed by atoms with Gasteiger partial charge >= 0.3 is 0 Å². The Morgan fingerprint density at radius 1 is 0.480 bits per heavy atom. The van der Waals surface area contributed by atoms with Crippen molar-refractivity contribution in [2.24, 2.45) is 0 Å². The Hall–Kier alpha value is -0.430. The molecule has 0 saturated carbocycles. The van der Waals surface area contributed by atoms with Gasteiger partial charge in [-0.05, 0) is 18.4 Å². The molecule has 1 aromatic carbocycles. The van der Waals surface area contributed by atoms with E-state index in [2.05, 4.69) is 37.3 Å². The molecular weight excluding hydrogens is 320 g/mol. The number of rotatable bonds is 17. The number of benzene rings is 1.